The molecule has 0 radical (unpaired) electrons. The molecule has 0 spiro atoms. The molecular formula is C11H20N4O3S. The molecule has 0 fully saturated rings. The summed E-state index contributed by atoms with van der Waals surface area (Å²) in [5.41, 5.74) is 5.70. The Kier molecular flexibility index (Phi) is 5.19. The van der Waals surface area contributed by atoms with E-state index < -0.39 is 15.9 Å². The molecule has 1 heterocycles. The molecule has 108 valence electrons. The molecule has 2 N–H and O–H groups in total. The number of nitrogens with two attached hydrogens (primary N) is 1. The van der Waals surface area contributed by atoms with Crippen LogP contribution in [0, 0.1) is 0 Å². The lowest BCUT2D eigenvalue weighted by molar-refractivity contribution is -0.119. The lowest BCUT2D eigenvalue weighted by Gasteiger charge is -2.12. The van der Waals surface area contributed by atoms with E-state index in [-0.39, 0.29) is 30.4 Å². The van der Waals surface area contributed by atoms with Crippen molar-refractivity contribution in [2.24, 2.45) is 5.73 Å². The minimum atomic E-state index is -3.10. The Labute approximate surface area is 113 Å². The SMILES string of the molecule is CC(C)n1ncnc1CC(=O)C(N)CCS(C)(=O)=O. The van der Waals surface area contributed by atoms with Crippen LogP contribution in [0.15, 0.2) is 6.33 Å². The van der Waals surface area contributed by atoms with Crippen molar-refractivity contribution < 1.29 is 13.2 Å². The summed E-state index contributed by atoms with van der Waals surface area (Å²) >= 11 is 0. The van der Waals surface area contributed by atoms with Gasteiger partial charge in [0.2, 0.25) is 0 Å². The molecule has 1 unspecified atom stereocenters. The van der Waals surface area contributed by atoms with Crippen molar-refractivity contribution in [1.82, 2.24) is 14.8 Å². The molecule has 7 nitrogen and oxygen atoms in total. The van der Waals surface area contributed by atoms with Gasteiger partial charge in [0, 0.05) is 12.3 Å². The summed E-state index contributed by atoms with van der Waals surface area (Å²) in [7, 11) is -3.10. The van der Waals surface area contributed by atoms with E-state index in [1.54, 1.807) is 4.68 Å². The van der Waals surface area contributed by atoms with Crippen LogP contribution in [0.4, 0.5) is 0 Å². The fraction of sp³-hybridized carbons (Fsp3) is 0.727. The number of carbonyl (C=O) groups is 1. The normalized spacial score (nSPS) is 13.7. The van der Waals surface area contributed by atoms with Crippen molar-refractivity contribution in [2.45, 2.75) is 38.8 Å². The van der Waals surface area contributed by atoms with Crippen LogP contribution in [-0.4, -0.2) is 47.0 Å². The van der Waals surface area contributed by atoms with Gasteiger partial charge in [0.15, 0.2) is 5.78 Å². The van der Waals surface area contributed by atoms with Gasteiger partial charge in [-0.05, 0) is 20.3 Å². The van der Waals surface area contributed by atoms with Gasteiger partial charge in [0.05, 0.1) is 18.2 Å². The van der Waals surface area contributed by atoms with E-state index in [2.05, 4.69) is 10.1 Å². The molecule has 8 heteroatoms. The Morgan fingerprint density at radius 1 is 1.47 bits per heavy atom. The summed E-state index contributed by atoms with van der Waals surface area (Å²) in [6.07, 6.45) is 2.72. The van der Waals surface area contributed by atoms with Crippen LogP contribution in [0.25, 0.3) is 0 Å². The predicted octanol–water partition coefficient (Wildman–Crippen LogP) is -0.267. The molecule has 0 aliphatic carbocycles. The van der Waals surface area contributed by atoms with Gasteiger partial charge in [-0.3, -0.25) is 4.79 Å². The topological polar surface area (TPSA) is 108 Å². The average molecular weight is 288 g/mol. The number of aromatic nitrogens is 3. The second-order valence-electron chi connectivity index (χ2n) is 4.88. The van der Waals surface area contributed by atoms with Crippen LogP contribution in [0.3, 0.4) is 0 Å². The average Bonchev–Trinajstić information content (AvgIpc) is 2.72. The Morgan fingerprint density at radius 3 is 2.63 bits per heavy atom. The minimum absolute atomic E-state index is 0.0725. The monoisotopic (exact) mass is 288 g/mol. The first-order valence-corrected chi connectivity index (χ1v) is 8.11. The van der Waals surface area contributed by atoms with Gasteiger partial charge in [-0.25, -0.2) is 18.1 Å². The quantitative estimate of drug-likeness (QED) is 0.740. The van der Waals surface area contributed by atoms with Crippen LogP contribution < -0.4 is 5.73 Å². The third kappa shape index (κ3) is 5.07. The highest BCUT2D eigenvalue weighted by atomic mass is 32.2. The van der Waals surface area contributed by atoms with E-state index >= 15 is 0 Å². The number of sulfone groups is 1. The summed E-state index contributed by atoms with van der Waals surface area (Å²) in [4.78, 5) is 15.9. The standard InChI is InChI=1S/C11H20N4O3S/c1-8(2)15-11(13-7-14-15)6-10(16)9(12)4-5-19(3,17)18/h7-9H,4-6,12H2,1-3H3. The van der Waals surface area contributed by atoms with Crippen molar-refractivity contribution in [3.63, 3.8) is 0 Å². The van der Waals surface area contributed by atoms with Gasteiger partial charge < -0.3 is 5.73 Å². The number of rotatable bonds is 7. The molecule has 1 aromatic rings. The van der Waals surface area contributed by atoms with E-state index in [0.717, 1.165) is 6.26 Å². The first-order chi connectivity index (χ1) is 8.70. The number of hydrogen-bond acceptors (Lipinski definition) is 6. The summed E-state index contributed by atoms with van der Waals surface area (Å²) in [5.74, 6) is 0.241. The maximum atomic E-state index is 11.9. The first kappa shape index (κ1) is 15.8. The van der Waals surface area contributed by atoms with Crippen LogP contribution in [0.2, 0.25) is 0 Å². The Hall–Kier alpha value is -1.28. The van der Waals surface area contributed by atoms with Gasteiger partial charge in [-0.2, -0.15) is 5.10 Å². The third-order valence-corrected chi connectivity index (χ3v) is 3.66. The first-order valence-electron chi connectivity index (χ1n) is 6.05. The van der Waals surface area contributed by atoms with Gasteiger partial charge in [-0.15, -0.1) is 0 Å². The lowest BCUT2D eigenvalue weighted by atomic mass is 10.1. The van der Waals surface area contributed by atoms with Crippen molar-refractivity contribution in [2.75, 3.05) is 12.0 Å². The van der Waals surface area contributed by atoms with E-state index in [0.29, 0.717) is 5.82 Å². The van der Waals surface area contributed by atoms with E-state index in [1.807, 2.05) is 13.8 Å². The van der Waals surface area contributed by atoms with Gasteiger partial charge in [-0.1, -0.05) is 0 Å². The summed E-state index contributed by atoms with van der Waals surface area (Å²) in [6.45, 7) is 3.87. The summed E-state index contributed by atoms with van der Waals surface area (Å²) in [6, 6.07) is -0.676. The second-order valence-corrected chi connectivity index (χ2v) is 7.14. The second kappa shape index (κ2) is 6.25. The van der Waals surface area contributed by atoms with Gasteiger partial charge >= 0.3 is 0 Å². The number of ketones is 1. The molecule has 1 atom stereocenters. The molecule has 0 amide bonds. The minimum Gasteiger partial charge on any atom is -0.321 e. The van der Waals surface area contributed by atoms with E-state index in [9.17, 15) is 13.2 Å². The zero-order valence-electron chi connectivity index (χ0n) is 11.4. The fourth-order valence-corrected chi connectivity index (χ4v) is 2.30. The lowest BCUT2D eigenvalue weighted by Crippen LogP contribution is -2.34. The molecule has 0 bridgehead atoms. The third-order valence-electron chi connectivity index (χ3n) is 2.68. The zero-order valence-corrected chi connectivity index (χ0v) is 12.2. The number of hydrogen-bond donors (Lipinski definition) is 1. The molecule has 0 aliphatic heterocycles. The zero-order chi connectivity index (χ0) is 14.6. The molecule has 0 saturated heterocycles. The highest BCUT2D eigenvalue weighted by Gasteiger charge is 2.19. The highest BCUT2D eigenvalue weighted by Crippen LogP contribution is 2.07. The number of nitrogens with zero attached hydrogens (tertiary/aromatic N) is 3. The van der Waals surface area contributed by atoms with Gasteiger partial charge in [0.25, 0.3) is 0 Å². The predicted molar refractivity (Wildman–Crippen MR) is 71.4 cm³/mol. The van der Waals surface area contributed by atoms with Crippen molar-refractivity contribution in [3.05, 3.63) is 12.2 Å². The molecule has 0 aromatic carbocycles. The number of Topliss-reactive ketones (excluding diaryl/α,β-unsaturated/α-hetero) is 1. The van der Waals surface area contributed by atoms with Crippen molar-refractivity contribution in [3.8, 4) is 0 Å². The van der Waals surface area contributed by atoms with E-state index in [4.69, 9.17) is 5.73 Å². The molecule has 0 saturated carbocycles. The smallest absolute Gasteiger partial charge is 0.157 e. The molecular weight excluding hydrogens is 268 g/mol. The molecule has 0 aliphatic rings. The Morgan fingerprint density at radius 2 is 2.11 bits per heavy atom. The van der Waals surface area contributed by atoms with Crippen molar-refractivity contribution in [1.29, 1.82) is 0 Å². The Bertz CT molecular complexity index is 536. The van der Waals surface area contributed by atoms with Crippen LogP contribution >= 0.6 is 0 Å². The van der Waals surface area contributed by atoms with Crippen LogP contribution in [0.5, 0.6) is 0 Å². The highest BCUT2D eigenvalue weighted by molar-refractivity contribution is 7.90. The molecule has 1 rings (SSSR count). The van der Waals surface area contributed by atoms with Crippen LogP contribution in [-0.2, 0) is 21.1 Å². The van der Waals surface area contributed by atoms with Gasteiger partial charge in [0.1, 0.15) is 22.0 Å². The summed E-state index contributed by atoms with van der Waals surface area (Å²) in [5, 5.41) is 4.03. The number of carbonyl (C=O) groups excluding carboxylic acids is 1. The largest absolute Gasteiger partial charge is 0.321 e. The van der Waals surface area contributed by atoms with E-state index in [1.165, 1.54) is 6.33 Å². The van der Waals surface area contributed by atoms with Crippen molar-refractivity contribution >= 4 is 15.6 Å². The Balaban J connectivity index is 2.61. The maximum absolute atomic E-state index is 11.9. The maximum Gasteiger partial charge on any atom is 0.157 e. The van der Waals surface area contributed by atoms with Crippen LogP contribution in [0.1, 0.15) is 32.1 Å². The summed E-state index contributed by atoms with van der Waals surface area (Å²) < 4.78 is 23.7. The molecule has 19 heavy (non-hydrogen) atoms. The molecule has 1 aromatic heterocycles. The fourth-order valence-electron chi connectivity index (χ4n) is 1.62.